The molecule has 0 radical (unpaired) electrons. The van der Waals surface area contributed by atoms with Gasteiger partial charge in [0.25, 0.3) is 0 Å². The summed E-state index contributed by atoms with van der Waals surface area (Å²) >= 11 is 0. The quantitative estimate of drug-likeness (QED) is 0.548. The van der Waals surface area contributed by atoms with Gasteiger partial charge in [-0.2, -0.15) is 10.2 Å². The highest BCUT2D eigenvalue weighted by Gasteiger charge is 2.23. The van der Waals surface area contributed by atoms with Crippen LogP contribution in [0, 0.1) is 0 Å². The van der Waals surface area contributed by atoms with Crippen molar-refractivity contribution in [1.82, 2.24) is 0 Å². The molecule has 0 N–H and O–H groups in total. The summed E-state index contributed by atoms with van der Waals surface area (Å²) in [5, 5.41) is 8.45. The molecule has 6 nitrogen and oxygen atoms in total. The van der Waals surface area contributed by atoms with E-state index in [9.17, 15) is 0 Å². The Bertz CT molecular complexity index is 630. The molecule has 0 bridgehead atoms. The number of hydrogen-bond donors (Lipinski definition) is 0. The molecule has 0 saturated carbocycles. The summed E-state index contributed by atoms with van der Waals surface area (Å²) in [7, 11) is 0. The van der Waals surface area contributed by atoms with Gasteiger partial charge in [0, 0.05) is 0 Å². The van der Waals surface area contributed by atoms with Crippen molar-refractivity contribution in [3.05, 3.63) is 48.5 Å². The Hall–Kier alpha value is -2.44. The number of epoxide rings is 2. The third-order valence-electron chi connectivity index (χ3n) is 3.63. The molecule has 2 saturated heterocycles. The van der Waals surface area contributed by atoms with Crippen molar-refractivity contribution in [2.24, 2.45) is 10.2 Å². The molecule has 2 aromatic rings. The van der Waals surface area contributed by atoms with E-state index in [-0.39, 0.29) is 12.2 Å². The van der Waals surface area contributed by atoms with E-state index < -0.39 is 0 Å². The number of nitrogens with zero attached hydrogens (tertiary/aromatic N) is 2. The summed E-state index contributed by atoms with van der Waals surface area (Å²) in [6.07, 6.45) is 0.515. The van der Waals surface area contributed by atoms with E-state index in [0.717, 1.165) is 36.1 Å². The first-order valence-corrected chi connectivity index (χ1v) is 7.96. The van der Waals surface area contributed by atoms with Crippen LogP contribution in [0.25, 0.3) is 0 Å². The van der Waals surface area contributed by atoms with Gasteiger partial charge in [0.1, 0.15) is 36.9 Å². The second-order valence-corrected chi connectivity index (χ2v) is 5.72. The third kappa shape index (κ3) is 4.53. The molecule has 2 aliphatic heterocycles. The molecular weight excluding hydrogens is 308 g/mol. The summed E-state index contributed by atoms with van der Waals surface area (Å²) in [6, 6.07) is 15.0. The number of hydrogen-bond acceptors (Lipinski definition) is 6. The van der Waals surface area contributed by atoms with Crippen LogP contribution in [0.4, 0.5) is 11.4 Å². The van der Waals surface area contributed by atoms with Gasteiger partial charge in [-0.3, -0.25) is 0 Å². The predicted molar refractivity (Wildman–Crippen MR) is 87.5 cm³/mol. The molecule has 0 unspecified atom stereocenters. The third-order valence-corrected chi connectivity index (χ3v) is 3.63. The number of rotatable bonds is 8. The Kier molecular flexibility index (Phi) is 4.40. The lowest BCUT2D eigenvalue weighted by molar-refractivity contribution is 0.263. The molecule has 0 spiro atoms. The van der Waals surface area contributed by atoms with Crippen molar-refractivity contribution in [3.8, 4) is 11.5 Å². The lowest BCUT2D eigenvalue weighted by Gasteiger charge is -2.04. The number of ether oxygens (including phenoxy) is 4. The fourth-order valence-electron chi connectivity index (χ4n) is 2.04. The molecular formula is C18H18N2O4. The number of azo groups is 1. The fourth-order valence-corrected chi connectivity index (χ4v) is 2.04. The zero-order valence-corrected chi connectivity index (χ0v) is 13.1. The van der Waals surface area contributed by atoms with Crippen LogP contribution in [0.2, 0.25) is 0 Å². The number of benzene rings is 2. The van der Waals surface area contributed by atoms with Crippen LogP contribution in [0.3, 0.4) is 0 Å². The first-order valence-electron chi connectivity index (χ1n) is 7.96. The summed E-state index contributed by atoms with van der Waals surface area (Å²) in [5.74, 6) is 1.62. The van der Waals surface area contributed by atoms with E-state index >= 15 is 0 Å². The van der Waals surface area contributed by atoms with Gasteiger partial charge in [0.15, 0.2) is 0 Å². The van der Waals surface area contributed by atoms with Gasteiger partial charge in [0.05, 0.1) is 24.6 Å². The lowest BCUT2D eigenvalue weighted by atomic mass is 10.3. The SMILES string of the molecule is c1cc(OC[C@H]2CO2)ccc1N=Nc1ccc(OC[C@H]2CO2)cc1. The van der Waals surface area contributed by atoms with Gasteiger partial charge in [-0.05, 0) is 48.5 Å². The van der Waals surface area contributed by atoms with Crippen LogP contribution in [-0.2, 0) is 9.47 Å². The minimum absolute atomic E-state index is 0.258. The van der Waals surface area contributed by atoms with E-state index in [0.29, 0.717) is 13.2 Å². The highest BCUT2D eigenvalue weighted by atomic mass is 16.6. The molecule has 24 heavy (non-hydrogen) atoms. The molecule has 2 aromatic carbocycles. The van der Waals surface area contributed by atoms with Gasteiger partial charge in [0.2, 0.25) is 0 Å². The zero-order valence-electron chi connectivity index (χ0n) is 13.1. The van der Waals surface area contributed by atoms with Crippen molar-refractivity contribution in [2.45, 2.75) is 12.2 Å². The van der Waals surface area contributed by atoms with Crippen molar-refractivity contribution in [1.29, 1.82) is 0 Å². The summed E-state index contributed by atoms with van der Waals surface area (Å²) in [5.41, 5.74) is 1.55. The standard InChI is InChI=1S/C18H18N2O4/c1-5-15(21-9-17-11-23-17)6-2-13(1)19-20-14-3-7-16(8-4-14)22-10-18-12-24-18/h1-8,17-18H,9-12H2/t17-,18-/m0/s1. The Morgan fingerprint density at radius 3 is 1.42 bits per heavy atom. The Morgan fingerprint density at radius 1 is 0.708 bits per heavy atom. The average Bonchev–Trinajstić information content (AvgIpc) is 3.53. The first kappa shape index (κ1) is 15.1. The first-order chi connectivity index (χ1) is 11.8. The molecule has 0 aliphatic carbocycles. The van der Waals surface area contributed by atoms with Gasteiger partial charge in [-0.15, -0.1) is 0 Å². The Labute approximate surface area is 140 Å². The Balaban J connectivity index is 1.29. The van der Waals surface area contributed by atoms with Crippen LogP contribution in [0.1, 0.15) is 0 Å². The predicted octanol–water partition coefficient (Wildman–Crippen LogP) is 3.66. The van der Waals surface area contributed by atoms with E-state index in [4.69, 9.17) is 18.9 Å². The maximum Gasteiger partial charge on any atom is 0.119 e. The largest absolute Gasteiger partial charge is 0.491 e. The second kappa shape index (κ2) is 6.98. The van der Waals surface area contributed by atoms with Gasteiger partial charge < -0.3 is 18.9 Å². The minimum Gasteiger partial charge on any atom is -0.491 e. The van der Waals surface area contributed by atoms with Crippen LogP contribution in [0.15, 0.2) is 58.8 Å². The summed E-state index contributed by atoms with van der Waals surface area (Å²) < 4.78 is 21.4. The zero-order chi connectivity index (χ0) is 16.2. The van der Waals surface area contributed by atoms with Gasteiger partial charge in [-0.1, -0.05) is 0 Å². The lowest BCUT2D eigenvalue weighted by Crippen LogP contribution is -2.03. The van der Waals surface area contributed by atoms with E-state index in [1.165, 1.54) is 0 Å². The van der Waals surface area contributed by atoms with Crippen molar-refractivity contribution < 1.29 is 18.9 Å². The summed E-state index contributed by atoms with van der Waals surface area (Å²) in [6.45, 7) is 2.79. The maximum absolute atomic E-state index is 5.58. The minimum atomic E-state index is 0.258. The van der Waals surface area contributed by atoms with Crippen LogP contribution in [-0.4, -0.2) is 38.6 Å². The Morgan fingerprint density at radius 2 is 1.08 bits per heavy atom. The van der Waals surface area contributed by atoms with Crippen molar-refractivity contribution in [3.63, 3.8) is 0 Å². The monoisotopic (exact) mass is 326 g/mol. The average molecular weight is 326 g/mol. The molecule has 2 aliphatic rings. The van der Waals surface area contributed by atoms with Crippen molar-refractivity contribution in [2.75, 3.05) is 26.4 Å². The van der Waals surface area contributed by atoms with E-state index in [2.05, 4.69) is 10.2 Å². The normalized spacial score (nSPS) is 21.7. The molecule has 4 rings (SSSR count). The summed E-state index contributed by atoms with van der Waals surface area (Å²) in [4.78, 5) is 0. The molecule has 2 fully saturated rings. The second-order valence-electron chi connectivity index (χ2n) is 5.72. The highest BCUT2D eigenvalue weighted by Crippen LogP contribution is 2.24. The van der Waals surface area contributed by atoms with Gasteiger partial charge in [-0.25, -0.2) is 0 Å². The molecule has 2 atom stereocenters. The van der Waals surface area contributed by atoms with Crippen molar-refractivity contribution >= 4 is 11.4 Å². The highest BCUT2D eigenvalue weighted by molar-refractivity contribution is 5.44. The molecule has 0 amide bonds. The molecule has 124 valence electrons. The van der Waals surface area contributed by atoms with E-state index in [1.54, 1.807) is 0 Å². The topological polar surface area (TPSA) is 68.2 Å². The smallest absolute Gasteiger partial charge is 0.119 e. The fraction of sp³-hybridized carbons (Fsp3) is 0.333. The molecule has 2 heterocycles. The molecule has 6 heteroatoms. The molecule has 0 aromatic heterocycles. The van der Waals surface area contributed by atoms with Crippen LogP contribution >= 0.6 is 0 Å². The maximum atomic E-state index is 5.58. The van der Waals surface area contributed by atoms with Gasteiger partial charge >= 0.3 is 0 Å². The van der Waals surface area contributed by atoms with E-state index in [1.807, 2.05) is 48.5 Å². The van der Waals surface area contributed by atoms with Crippen LogP contribution < -0.4 is 9.47 Å². The van der Waals surface area contributed by atoms with Crippen LogP contribution in [0.5, 0.6) is 11.5 Å².